The topological polar surface area (TPSA) is 9.23 Å². The standard InChI is InChI=1S/C9H17BrO/c1-4-8(10)7-5-11-6-9(7,2)3/h7-8H,4-6H2,1-3H3. The van der Waals surface area contributed by atoms with Gasteiger partial charge < -0.3 is 4.74 Å². The van der Waals surface area contributed by atoms with Crippen molar-refractivity contribution in [2.45, 2.75) is 32.0 Å². The highest BCUT2D eigenvalue weighted by Gasteiger charge is 2.38. The van der Waals surface area contributed by atoms with Crippen LogP contribution in [0, 0.1) is 11.3 Å². The molecule has 2 heteroatoms. The molecule has 11 heavy (non-hydrogen) atoms. The van der Waals surface area contributed by atoms with Gasteiger partial charge in [-0.2, -0.15) is 0 Å². The first-order valence-electron chi connectivity index (χ1n) is 4.29. The summed E-state index contributed by atoms with van der Waals surface area (Å²) in [5.41, 5.74) is 0.365. The van der Waals surface area contributed by atoms with E-state index in [0.29, 0.717) is 16.2 Å². The molecule has 2 unspecified atom stereocenters. The van der Waals surface area contributed by atoms with E-state index < -0.39 is 0 Å². The van der Waals surface area contributed by atoms with Crippen molar-refractivity contribution >= 4 is 15.9 Å². The van der Waals surface area contributed by atoms with Crippen molar-refractivity contribution in [3.63, 3.8) is 0 Å². The predicted octanol–water partition coefficient (Wildman–Crippen LogP) is 2.83. The average molecular weight is 221 g/mol. The summed E-state index contributed by atoms with van der Waals surface area (Å²) in [6.45, 7) is 8.63. The van der Waals surface area contributed by atoms with Gasteiger partial charge in [0.2, 0.25) is 0 Å². The summed E-state index contributed by atoms with van der Waals surface area (Å²) >= 11 is 3.70. The lowest BCUT2D eigenvalue weighted by molar-refractivity contribution is 0.166. The molecule has 1 saturated heterocycles. The fraction of sp³-hybridized carbons (Fsp3) is 1.00. The summed E-state index contributed by atoms with van der Waals surface area (Å²) in [6.07, 6.45) is 1.19. The first-order chi connectivity index (χ1) is 5.08. The Morgan fingerprint density at radius 2 is 2.27 bits per heavy atom. The van der Waals surface area contributed by atoms with Crippen LogP contribution in [-0.2, 0) is 4.74 Å². The third kappa shape index (κ3) is 1.97. The highest BCUT2D eigenvalue weighted by molar-refractivity contribution is 9.09. The largest absolute Gasteiger partial charge is 0.381 e. The van der Waals surface area contributed by atoms with Crippen LogP contribution in [0.25, 0.3) is 0 Å². The summed E-state index contributed by atoms with van der Waals surface area (Å²) in [5, 5.41) is 0. The molecule has 0 aromatic heterocycles. The van der Waals surface area contributed by atoms with Crippen molar-refractivity contribution in [1.82, 2.24) is 0 Å². The Morgan fingerprint density at radius 3 is 2.64 bits per heavy atom. The van der Waals surface area contributed by atoms with Crippen molar-refractivity contribution < 1.29 is 4.74 Å². The van der Waals surface area contributed by atoms with E-state index in [9.17, 15) is 0 Å². The Bertz CT molecular complexity index is 134. The highest BCUT2D eigenvalue weighted by atomic mass is 79.9. The fourth-order valence-corrected chi connectivity index (χ4v) is 2.53. The number of rotatable bonds is 2. The maximum absolute atomic E-state index is 5.47. The number of ether oxygens (including phenoxy) is 1. The minimum absolute atomic E-state index is 0.365. The van der Waals surface area contributed by atoms with E-state index in [-0.39, 0.29) is 0 Å². The van der Waals surface area contributed by atoms with Gasteiger partial charge in [0.25, 0.3) is 0 Å². The molecule has 0 aromatic rings. The molecule has 1 aliphatic heterocycles. The zero-order valence-electron chi connectivity index (χ0n) is 7.56. The Morgan fingerprint density at radius 1 is 1.64 bits per heavy atom. The normalized spacial score (nSPS) is 32.2. The second-order valence-electron chi connectivity index (χ2n) is 4.03. The second kappa shape index (κ2) is 3.44. The molecule has 0 aromatic carbocycles. The van der Waals surface area contributed by atoms with Crippen LogP contribution in [0.4, 0.5) is 0 Å². The number of halogens is 1. The molecule has 0 spiro atoms. The fourth-order valence-electron chi connectivity index (χ4n) is 1.66. The predicted molar refractivity (Wildman–Crippen MR) is 51.1 cm³/mol. The summed E-state index contributed by atoms with van der Waals surface area (Å²) in [7, 11) is 0. The van der Waals surface area contributed by atoms with Gasteiger partial charge >= 0.3 is 0 Å². The molecule has 1 nitrogen and oxygen atoms in total. The van der Waals surface area contributed by atoms with Gasteiger partial charge in [-0.25, -0.2) is 0 Å². The van der Waals surface area contributed by atoms with Crippen molar-refractivity contribution in [2.75, 3.05) is 13.2 Å². The molecule has 66 valence electrons. The molecule has 0 bridgehead atoms. The van der Waals surface area contributed by atoms with Gasteiger partial charge in [-0.3, -0.25) is 0 Å². The van der Waals surface area contributed by atoms with E-state index >= 15 is 0 Å². The molecule has 1 rings (SSSR count). The first-order valence-corrected chi connectivity index (χ1v) is 5.21. The Balaban J connectivity index is 2.57. The lowest BCUT2D eigenvalue weighted by atomic mass is 9.79. The molecule has 0 radical (unpaired) electrons. The highest BCUT2D eigenvalue weighted by Crippen LogP contribution is 2.39. The van der Waals surface area contributed by atoms with Gasteiger partial charge in [-0.15, -0.1) is 0 Å². The average Bonchev–Trinajstić information content (AvgIpc) is 2.28. The van der Waals surface area contributed by atoms with Crippen LogP contribution in [0.5, 0.6) is 0 Å². The van der Waals surface area contributed by atoms with Crippen LogP contribution in [-0.4, -0.2) is 18.0 Å². The number of alkyl halides is 1. The summed E-state index contributed by atoms with van der Waals surface area (Å²) in [6, 6.07) is 0. The minimum atomic E-state index is 0.365. The lowest BCUT2D eigenvalue weighted by Gasteiger charge is -2.27. The van der Waals surface area contributed by atoms with Crippen LogP contribution in [0.1, 0.15) is 27.2 Å². The van der Waals surface area contributed by atoms with Gasteiger partial charge in [-0.1, -0.05) is 36.7 Å². The Labute approximate surface area is 77.6 Å². The van der Waals surface area contributed by atoms with Crippen LogP contribution in [0.15, 0.2) is 0 Å². The van der Waals surface area contributed by atoms with Crippen LogP contribution >= 0.6 is 15.9 Å². The zero-order chi connectivity index (χ0) is 8.48. The summed E-state index contributed by atoms with van der Waals surface area (Å²) in [5.74, 6) is 0.687. The molecule has 1 heterocycles. The van der Waals surface area contributed by atoms with Crippen molar-refractivity contribution in [3.05, 3.63) is 0 Å². The molecular weight excluding hydrogens is 204 g/mol. The quantitative estimate of drug-likeness (QED) is 0.651. The SMILES string of the molecule is CCC(Br)C1COCC1(C)C. The Hall–Kier alpha value is 0.440. The van der Waals surface area contributed by atoms with Crippen LogP contribution in [0.3, 0.4) is 0 Å². The number of hydrogen-bond donors (Lipinski definition) is 0. The summed E-state index contributed by atoms with van der Waals surface area (Å²) in [4.78, 5) is 0.625. The third-order valence-electron chi connectivity index (χ3n) is 2.60. The zero-order valence-corrected chi connectivity index (χ0v) is 9.15. The van der Waals surface area contributed by atoms with E-state index in [1.54, 1.807) is 0 Å². The molecule has 0 amide bonds. The molecule has 0 N–H and O–H groups in total. The molecule has 1 aliphatic rings. The van der Waals surface area contributed by atoms with Crippen molar-refractivity contribution in [2.24, 2.45) is 11.3 Å². The maximum Gasteiger partial charge on any atom is 0.0521 e. The van der Waals surface area contributed by atoms with E-state index in [0.717, 1.165) is 13.2 Å². The van der Waals surface area contributed by atoms with E-state index in [1.807, 2.05) is 0 Å². The number of hydrogen-bond acceptors (Lipinski definition) is 1. The van der Waals surface area contributed by atoms with Gasteiger partial charge in [0, 0.05) is 10.7 Å². The third-order valence-corrected chi connectivity index (χ3v) is 3.89. The monoisotopic (exact) mass is 220 g/mol. The molecule has 1 fully saturated rings. The van der Waals surface area contributed by atoms with Crippen molar-refractivity contribution in [3.8, 4) is 0 Å². The van der Waals surface area contributed by atoms with Gasteiger partial charge in [-0.05, 0) is 11.8 Å². The Kier molecular flexibility index (Phi) is 2.98. The van der Waals surface area contributed by atoms with Crippen LogP contribution in [0.2, 0.25) is 0 Å². The maximum atomic E-state index is 5.47. The molecular formula is C9H17BrO. The summed E-state index contributed by atoms with van der Waals surface area (Å²) < 4.78 is 5.47. The van der Waals surface area contributed by atoms with E-state index in [2.05, 4.69) is 36.7 Å². The van der Waals surface area contributed by atoms with Gasteiger partial charge in [0.15, 0.2) is 0 Å². The molecule has 2 atom stereocenters. The van der Waals surface area contributed by atoms with Gasteiger partial charge in [0.1, 0.15) is 0 Å². The molecule has 0 saturated carbocycles. The lowest BCUT2D eigenvalue weighted by Crippen LogP contribution is -2.29. The second-order valence-corrected chi connectivity index (χ2v) is 5.21. The first kappa shape index (κ1) is 9.53. The van der Waals surface area contributed by atoms with Crippen molar-refractivity contribution in [1.29, 1.82) is 0 Å². The van der Waals surface area contributed by atoms with Crippen LogP contribution < -0.4 is 0 Å². The minimum Gasteiger partial charge on any atom is -0.381 e. The molecule has 0 aliphatic carbocycles. The smallest absolute Gasteiger partial charge is 0.0521 e. The van der Waals surface area contributed by atoms with Gasteiger partial charge in [0.05, 0.1) is 13.2 Å². The van der Waals surface area contributed by atoms with E-state index in [1.165, 1.54) is 6.42 Å². The van der Waals surface area contributed by atoms with E-state index in [4.69, 9.17) is 4.74 Å².